The van der Waals surface area contributed by atoms with E-state index in [-0.39, 0.29) is 41.5 Å². The number of nitrogens with zero attached hydrogens (tertiary/aromatic N) is 4. The molecule has 0 unspecified atom stereocenters. The molecule has 1 fully saturated rings. The van der Waals surface area contributed by atoms with Crippen LogP contribution in [0.15, 0.2) is 121 Å². The third kappa shape index (κ3) is 8.90. The Bertz CT molecular complexity index is 2350. The van der Waals surface area contributed by atoms with Crippen molar-refractivity contribution >= 4 is 43.1 Å². The second-order valence-electron chi connectivity index (χ2n) is 14.2. The molecule has 2 aliphatic heterocycles. The number of nitro benzene ring substituents is 2. The van der Waals surface area contributed by atoms with Crippen molar-refractivity contribution < 1.29 is 57.0 Å². The fourth-order valence-electron chi connectivity index (χ4n) is 7.24. The van der Waals surface area contributed by atoms with Crippen LogP contribution in [0.25, 0.3) is 0 Å². The first-order valence-electron chi connectivity index (χ1n) is 18.2. The lowest BCUT2D eigenvalue weighted by Gasteiger charge is -2.51. The van der Waals surface area contributed by atoms with Gasteiger partial charge in [0, 0.05) is 36.9 Å². The Kier molecular flexibility index (Phi) is 12.2. The molecule has 4 atom stereocenters. The molecule has 0 spiro atoms. The Hall–Kier alpha value is -7.27. The van der Waals surface area contributed by atoms with Gasteiger partial charge in [-0.2, -0.15) is 4.57 Å². The summed E-state index contributed by atoms with van der Waals surface area (Å²) in [5.41, 5.74) is -2.26. The standard InChI is InChI=1S/C40H38N5O14P/c1-25(41-32(46)23-42(3)39(50)56-24-26-18-20-28(21-19-26)44(51)52)33-35-40(2,22-27-12-10-11-17-31(27)45(53)54)36(34(38(48)49)43(35)37(33)47)59-60(55,57-29-13-6-4-7-14-29)58-30-15-8-5-9-16-30/h4-21,25,33,35H,22-24H2,1-3H3,(H,41,46)(H,48,49)/t25-,33-,35-,40-/m1/s1. The van der Waals surface area contributed by atoms with Gasteiger partial charge in [0.2, 0.25) is 11.8 Å². The van der Waals surface area contributed by atoms with Crippen LogP contribution in [0.5, 0.6) is 11.5 Å². The van der Waals surface area contributed by atoms with Gasteiger partial charge in [-0.3, -0.25) is 34.7 Å². The number of β-lactam (4-membered cyclic amide) rings is 1. The van der Waals surface area contributed by atoms with E-state index in [1.807, 2.05) is 0 Å². The largest absolute Gasteiger partial charge is 0.646 e. The van der Waals surface area contributed by atoms with Crippen LogP contribution in [0.2, 0.25) is 0 Å². The second-order valence-corrected chi connectivity index (χ2v) is 15.6. The Morgan fingerprint density at radius 3 is 2.00 bits per heavy atom. The van der Waals surface area contributed by atoms with E-state index in [9.17, 15) is 49.1 Å². The summed E-state index contributed by atoms with van der Waals surface area (Å²) in [6.45, 7) is 2.23. The van der Waals surface area contributed by atoms with Gasteiger partial charge in [0.05, 0.1) is 27.2 Å². The van der Waals surface area contributed by atoms with Crippen LogP contribution in [0.3, 0.4) is 0 Å². The van der Waals surface area contributed by atoms with Crippen molar-refractivity contribution in [3.63, 3.8) is 0 Å². The van der Waals surface area contributed by atoms with Crippen LogP contribution in [-0.2, 0) is 41.2 Å². The molecule has 4 aromatic carbocycles. The number of carboxylic acids is 1. The molecule has 20 heteroatoms. The summed E-state index contributed by atoms with van der Waals surface area (Å²) in [5, 5.41) is 36.5. The average Bonchev–Trinajstić information content (AvgIpc) is 3.41. The number of aliphatic carboxylic acids is 1. The monoisotopic (exact) mass is 843 g/mol. The van der Waals surface area contributed by atoms with Crippen LogP contribution < -0.4 is 14.4 Å². The molecule has 0 bridgehead atoms. The molecule has 6 rings (SSSR count). The van der Waals surface area contributed by atoms with E-state index in [0.717, 1.165) is 9.80 Å². The number of amides is 3. The second kappa shape index (κ2) is 17.3. The number of hydrogen-bond acceptors (Lipinski definition) is 13. The van der Waals surface area contributed by atoms with Gasteiger partial charge < -0.3 is 33.6 Å². The molecule has 4 aromatic rings. The predicted molar refractivity (Wildman–Crippen MR) is 210 cm³/mol. The molecule has 2 heterocycles. The van der Waals surface area contributed by atoms with Gasteiger partial charge in [0.1, 0.15) is 30.4 Å². The quantitative estimate of drug-likeness (QED) is 0.0517. The molecule has 0 radical (unpaired) electrons. The maximum absolute atomic E-state index is 14.8. The number of nitrogens with one attached hydrogen (secondary N) is 1. The minimum atomic E-state index is -4.91. The van der Waals surface area contributed by atoms with E-state index in [1.165, 1.54) is 87.6 Å². The summed E-state index contributed by atoms with van der Waals surface area (Å²) < 4.78 is 37.7. The van der Waals surface area contributed by atoms with Crippen LogP contribution in [0, 0.1) is 31.6 Å². The third-order valence-corrected chi connectivity index (χ3v) is 11.2. The number of carboxylic acid groups (broad SMARTS) is 1. The number of phosphoric ester groups is 1. The lowest BCUT2D eigenvalue weighted by atomic mass is 9.66. The van der Waals surface area contributed by atoms with Gasteiger partial charge in [-0.05, 0) is 55.3 Å². The lowest BCUT2D eigenvalue weighted by molar-refractivity contribution is -0.385. The zero-order chi connectivity index (χ0) is 43.4. The number of hydrogen-bond donors (Lipinski definition) is 2. The van der Waals surface area contributed by atoms with E-state index in [1.54, 1.807) is 42.5 Å². The van der Waals surface area contributed by atoms with Gasteiger partial charge in [0.15, 0.2) is 5.70 Å². The van der Waals surface area contributed by atoms with E-state index in [0.29, 0.717) is 5.56 Å². The highest BCUT2D eigenvalue weighted by molar-refractivity contribution is 7.49. The van der Waals surface area contributed by atoms with Crippen molar-refractivity contribution in [2.75, 3.05) is 13.6 Å². The van der Waals surface area contributed by atoms with Crippen LogP contribution >= 0.6 is 7.82 Å². The fraction of sp³-hybridized carbons (Fsp3) is 0.250. The summed E-state index contributed by atoms with van der Waals surface area (Å²) >= 11 is 0. The minimum absolute atomic E-state index is 0.0291. The third-order valence-electron chi connectivity index (χ3n) is 9.97. The van der Waals surface area contributed by atoms with E-state index < -0.39 is 83.0 Å². The minimum Gasteiger partial charge on any atom is -0.476 e. The number of rotatable bonds is 17. The normalized spacial score (nSPS) is 18.6. The number of carbonyl (C=O) groups excluding carboxylic acids is 3. The van der Waals surface area contributed by atoms with Crippen LogP contribution in [0.1, 0.15) is 25.0 Å². The molecule has 3 amide bonds. The number of carbonyl (C=O) groups is 4. The summed E-state index contributed by atoms with van der Waals surface area (Å²) in [6, 6.07) is 24.4. The van der Waals surface area contributed by atoms with Crippen molar-refractivity contribution in [1.29, 1.82) is 0 Å². The molecule has 19 nitrogen and oxygen atoms in total. The Balaban J connectivity index is 1.29. The van der Waals surface area contributed by atoms with Gasteiger partial charge in [-0.1, -0.05) is 61.5 Å². The van der Waals surface area contributed by atoms with Crippen LogP contribution in [0.4, 0.5) is 16.2 Å². The van der Waals surface area contributed by atoms with Gasteiger partial charge in [-0.15, -0.1) is 0 Å². The fourth-order valence-corrected chi connectivity index (χ4v) is 8.63. The molecule has 2 aliphatic rings. The number of para-hydroxylation sites is 3. The van der Waals surface area contributed by atoms with Gasteiger partial charge in [-0.25, -0.2) is 9.59 Å². The summed E-state index contributed by atoms with van der Waals surface area (Å²) in [7, 11) is -3.62. The van der Waals surface area contributed by atoms with E-state index >= 15 is 0 Å². The first-order chi connectivity index (χ1) is 28.5. The number of ether oxygens (including phenoxy) is 1. The lowest BCUT2D eigenvalue weighted by Crippen LogP contribution is -2.68. The van der Waals surface area contributed by atoms with Crippen LogP contribution in [-0.4, -0.2) is 74.3 Å². The summed E-state index contributed by atoms with van der Waals surface area (Å²) in [4.78, 5) is 77.0. The molecule has 312 valence electrons. The molecule has 60 heavy (non-hydrogen) atoms. The zero-order valence-corrected chi connectivity index (χ0v) is 33.1. The highest BCUT2D eigenvalue weighted by atomic mass is 31.2. The first-order valence-corrected chi connectivity index (χ1v) is 19.7. The average molecular weight is 844 g/mol. The summed E-state index contributed by atoms with van der Waals surface area (Å²) in [6.07, 6.45) is -1.21. The predicted octanol–water partition coefficient (Wildman–Crippen LogP) is 6.24. The topological polar surface area (TPSA) is 247 Å². The van der Waals surface area contributed by atoms with E-state index in [2.05, 4.69) is 5.32 Å². The maximum Gasteiger partial charge on any atom is 0.646 e. The van der Waals surface area contributed by atoms with Crippen molar-refractivity contribution in [3.05, 3.63) is 152 Å². The molecule has 0 aliphatic carbocycles. The summed E-state index contributed by atoms with van der Waals surface area (Å²) in [5.74, 6) is -4.75. The number of non-ortho nitro benzene ring substituents is 1. The highest BCUT2D eigenvalue weighted by Crippen LogP contribution is 2.62. The Morgan fingerprint density at radius 2 is 1.45 bits per heavy atom. The van der Waals surface area contributed by atoms with Crippen molar-refractivity contribution in [3.8, 4) is 11.5 Å². The molecule has 0 saturated carbocycles. The molecule has 2 N–H and O–H groups in total. The number of benzene rings is 4. The van der Waals surface area contributed by atoms with Crippen molar-refractivity contribution in [2.45, 2.75) is 39.0 Å². The number of likely N-dealkylation sites (N-methyl/N-ethyl adjacent to an activating group) is 1. The molecule has 1 saturated heterocycles. The van der Waals surface area contributed by atoms with Crippen molar-refractivity contribution in [2.24, 2.45) is 11.3 Å². The van der Waals surface area contributed by atoms with Gasteiger partial charge in [0.25, 0.3) is 11.4 Å². The first kappa shape index (κ1) is 42.3. The number of fused-ring (bicyclic) bond motifs is 1. The Labute approximate surface area is 342 Å². The smallest absolute Gasteiger partial charge is 0.476 e. The number of nitro groups is 2. The van der Waals surface area contributed by atoms with Crippen molar-refractivity contribution in [1.82, 2.24) is 15.1 Å². The molecular weight excluding hydrogens is 805 g/mol. The molecule has 0 aromatic heterocycles. The van der Waals surface area contributed by atoms with E-state index in [4.69, 9.17) is 18.3 Å². The van der Waals surface area contributed by atoms with Gasteiger partial charge >= 0.3 is 19.9 Å². The number of phosphoric acid groups is 1. The molecular formula is C40H38N5O14P. The Morgan fingerprint density at radius 1 is 0.883 bits per heavy atom. The highest BCUT2D eigenvalue weighted by Gasteiger charge is 2.68. The maximum atomic E-state index is 14.8. The SMILES string of the molecule is C[C@@H](NC(=O)CN(C)C(=O)OCc1ccc([N+](=O)[O-])cc1)[C@H]1C(=O)N2C(C(=O)O)=C(OP(=O)(Oc3ccccc3)Oc3ccccc3)[C@](C)(Cc3ccccc3[N+](=O)[O-])[C@@H]12. The zero-order valence-electron chi connectivity index (χ0n) is 32.2.